The fraction of sp³-hybridized carbons (Fsp3) is 0.333. The molecule has 104 valence electrons. The molecule has 1 N–H and O–H groups in total. The topological polar surface area (TPSA) is 12.0 Å². The molecule has 1 nitrogen and oxygen atoms in total. The van der Waals surface area contributed by atoms with Crippen LogP contribution in [-0.4, -0.2) is 6.04 Å². The maximum absolute atomic E-state index is 13.5. The Bertz CT molecular complexity index is 587. The third-order valence-electron chi connectivity index (χ3n) is 4.19. The van der Waals surface area contributed by atoms with Gasteiger partial charge in [0.25, 0.3) is 0 Å². The molecule has 0 unspecified atom stereocenters. The first kappa shape index (κ1) is 13.3. The highest BCUT2D eigenvalue weighted by atomic mass is 19.1. The zero-order chi connectivity index (χ0) is 13.9. The van der Waals surface area contributed by atoms with Gasteiger partial charge in [0.15, 0.2) is 0 Å². The molecule has 0 radical (unpaired) electrons. The first-order chi connectivity index (χ1) is 9.72. The number of benzene rings is 2. The summed E-state index contributed by atoms with van der Waals surface area (Å²) in [7, 11) is 0. The molecule has 0 aromatic heterocycles. The zero-order valence-corrected chi connectivity index (χ0v) is 11.8. The van der Waals surface area contributed by atoms with Crippen LogP contribution in [0.25, 0.3) is 0 Å². The lowest BCUT2D eigenvalue weighted by molar-refractivity contribution is 0.288. The van der Waals surface area contributed by atoms with E-state index < -0.39 is 0 Å². The molecule has 0 saturated heterocycles. The van der Waals surface area contributed by atoms with Crippen LogP contribution < -0.4 is 5.32 Å². The van der Waals surface area contributed by atoms with Crippen LogP contribution in [0, 0.1) is 12.7 Å². The number of nitrogens with one attached hydrogen (secondary N) is 1. The summed E-state index contributed by atoms with van der Waals surface area (Å²) in [6.07, 6.45) is 2.30. The summed E-state index contributed by atoms with van der Waals surface area (Å²) >= 11 is 0. The van der Waals surface area contributed by atoms with Crippen molar-refractivity contribution in [3.63, 3.8) is 0 Å². The second kappa shape index (κ2) is 5.76. The highest BCUT2D eigenvalue weighted by Gasteiger charge is 2.29. The van der Waals surface area contributed by atoms with Crippen molar-refractivity contribution in [3.8, 4) is 0 Å². The van der Waals surface area contributed by atoms with E-state index in [0.29, 0.717) is 18.5 Å². The van der Waals surface area contributed by atoms with Crippen molar-refractivity contribution in [3.05, 3.63) is 71.0 Å². The van der Waals surface area contributed by atoms with Crippen molar-refractivity contribution in [2.24, 2.45) is 0 Å². The van der Waals surface area contributed by atoms with Crippen LogP contribution in [0.15, 0.2) is 48.5 Å². The highest BCUT2D eigenvalue weighted by Crippen LogP contribution is 2.37. The summed E-state index contributed by atoms with van der Waals surface area (Å²) < 4.78 is 13.5. The van der Waals surface area contributed by atoms with Crippen molar-refractivity contribution < 1.29 is 4.39 Å². The fourth-order valence-electron chi connectivity index (χ4n) is 2.88. The van der Waals surface area contributed by atoms with Crippen LogP contribution in [0.4, 0.5) is 4.39 Å². The monoisotopic (exact) mass is 269 g/mol. The summed E-state index contributed by atoms with van der Waals surface area (Å²) in [5.41, 5.74) is 3.52. The minimum absolute atomic E-state index is 0.116. The van der Waals surface area contributed by atoms with Crippen molar-refractivity contribution in [2.75, 3.05) is 0 Å². The molecule has 1 saturated carbocycles. The second-order valence-corrected chi connectivity index (χ2v) is 5.75. The lowest BCUT2D eigenvalue weighted by Crippen LogP contribution is -2.39. The van der Waals surface area contributed by atoms with E-state index in [2.05, 4.69) is 36.5 Å². The van der Waals surface area contributed by atoms with Crippen LogP contribution >= 0.6 is 0 Å². The van der Waals surface area contributed by atoms with E-state index >= 15 is 0 Å². The van der Waals surface area contributed by atoms with Crippen LogP contribution in [0.3, 0.4) is 0 Å². The molecule has 0 atom stereocenters. The van der Waals surface area contributed by atoms with Crippen LogP contribution in [0.5, 0.6) is 0 Å². The summed E-state index contributed by atoms with van der Waals surface area (Å²) in [6.45, 7) is 2.76. The highest BCUT2D eigenvalue weighted by molar-refractivity contribution is 5.28. The predicted molar refractivity (Wildman–Crippen MR) is 80.2 cm³/mol. The molecule has 0 bridgehead atoms. The molecule has 0 heterocycles. The SMILES string of the molecule is Cc1cccc(C2CC(NCc3ccccc3F)C2)c1. The number of halogens is 1. The molecule has 2 aromatic rings. The Hall–Kier alpha value is -1.67. The second-order valence-electron chi connectivity index (χ2n) is 5.75. The average Bonchev–Trinajstić information content (AvgIpc) is 2.39. The maximum Gasteiger partial charge on any atom is 0.127 e. The average molecular weight is 269 g/mol. The smallest absolute Gasteiger partial charge is 0.127 e. The maximum atomic E-state index is 13.5. The first-order valence-electron chi connectivity index (χ1n) is 7.26. The van der Waals surface area contributed by atoms with Gasteiger partial charge in [-0.1, -0.05) is 48.0 Å². The Balaban J connectivity index is 1.50. The molecular formula is C18H20FN. The third kappa shape index (κ3) is 2.91. The molecule has 0 aliphatic heterocycles. The lowest BCUT2D eigenvalue weighted by Gasteiger charge is -2.36. The van der Waals surface area contributed by atoms with Gasteiger partial charge in [0.1, 0.15) is 5.82 Å². The molecule has 20 heavy (non-hydrogen) atoms. The lowest BCUT2D eigenvalue weighted by atomic mass is 9.75. The minimum Gasteiger partial charge on any atom is -0.310 e. The number of hydrogen-bond acceptors (Lipinski definition) is 1. The van der Waals surface area contributed by atoms with Gasteiger partial charge >= 0.3 is 0 Å². The first-order valence-corrected chi connectivity index (χ1v) is 7.26. The standard InChI is InChI=1S/C18H20FN/c1-13-5-4-7-14(9-13)16-10-17(11-16)20-12-15-6-2-3-8-18(15)19/h2-9,16-17,20H,10-12H2,1H3. The van der Waals surface area contributed by atoms with Crippen molar-refractivity contribution in [2.45, 2.75) is 38.3 Å². The number of hydrogen-bond donors (Lipinski definition) is 1. The van der Waals surface area contributed by atoms with Crippen molar-refractivity contribution in [1.82, 2.24) is 5.32 Å². The van der Waals surface area contributed by atoms with Crippen LogP contribution in [-0.2, 0) is 6.54 Å². The van der Waals surface area contributed by atoms with Gasteiger partial charge in [-0.25, -0.2) is 4.39 Å². The molecule has 3 rings (SSSR count). The largest absolute Gasteiger partial charge is 0.310 e. The zero-order valence-electron chi connectivity index (χ0n) is 11.8. The summed E-state index contributed by atoms with van der Waals surface area (Å²) in [4.78, 5) is 0. The molecule has 0 spiro atoms. The molecule has 1 aliphatic carbocycles. The van der Waals surface area contributed by atoms with Gasteiger partial charge in [-0.15, -0.1) is 0 Å². The van der Waals surface area contributed by atoms with Gasteiger partial charge in [0.05, 0.1) is 0 Å². The molecular weight excluding hydrogens is 249 g/mol. The Kier molecular flexibility index (Phi) is 3.83. The number of aryl methyl sites for hydroxylation is 1. The van der Waals surface area contributed by atoms with E-state index in [4.69, 9.17) is 0 Å². The number of rotatable bonds is 4. The quantitative estimate of drug-likeness (QED) is 0.878. The van der Waals surface area contributed by atoms with Gasteiger partial charge < -0.3 is 5.32 Å². The van der Waals surface area contributed by atoms with Crippen molar-refractivity contribution >= 4 is 0 Å². The van der Waals surface area contributed by atoms with Gasteiger partial charge in [0, 0.05) is 18.2 Å². The summed E-state index contributed by atoms with van der Waals surface area (Å²) in [6, 6.07) is 16.3. The van der Waals surface area contributed by atoms with E-state index in [1.54, 1.807) is 6.07 Å². The molecule has 1 aliphatic rings. The van der Waals surface area contributed by atoms with Crippen molar-refractivity contribution in [1.29, 1.82) is 0 Å². The van der Waals surface area contributed by atoms with E-state index in [0.717, 1.165) is 18.4 Å². The fourth-order valence-corrected chi connectivity index (χ4v) is 2.88. The Morgan fingerprint density at radius 2 is 1.90 bits per heavy atom. The summed E-state index contributed by atoms with van der Waals surface area (Å²) in [5.74, 6) is 0.544. The van der Waals surface area contributed by atoms with E-state index in [9.17, 15) is 4.39 Å². The van der Waals surface area contributed by atoms with Crippen LogP contribution in [0.2, 0.25) is 0 Å². The van der Waals surface area contributed by atoms with E-state index in [-0.39, 0.29) is 5.82 Å². The van der Waals surface area contributed by atoms with Gasteiger partial charge in [-0.2, -0.15) is 0 Å². The van der Waals surface area contributed by atoms with Crippen LogP contribution in [0.1, 0.15) is 35.4 Å². The van der Waals surface area contributed by atoms with Gasteiger partial charge in [0.2, 0.25) is 0 Å². The Morgan fingerprint density at radius 3 is 2.65 bits per heavy atom. The normalized spacial score (nSPS) is 21.5. The molecule has 1 fully saturated rings. The van der Waals surface area contributed by atoms with E-state index in [1.165, 1.54) is 17.2 Å². The third-order valence-corrected chi connectivity index (χ3v) is 4.19. The summed E-state index contributed by atoms with van der Waals surface area (Å²) in [5, 5.41) is 3.45. The predicted octanol–water partition coefficient (Wildman–Crippen LogP) is 4.17. The van der Waals surface area contributed by atoms with Gasteiger partial charge in [-0.05, 0) is 37.3 Å². The molecule has 2 heteroatoms. The molecule has 2 aromatic carbocycles. The minimum atomic E-state index is -0.116. The van der Waals surface area contributed by atoms with Gasteiger partial charge in [-0.3, -0.25) is 0 Å². The Labute approximate surface area is 119 Å². The Morgan fingerprint density at radius 1 is 1.10 bits per heavy atom. The van der Waals surface area contributed by atoms with E-state index in [1.807, 2.05) is 12.1 Å². The molecule has 0 amide bonds.